The molecular formula is C20H23N5O. The molecule has 3 aliphatic rings. The van der Waals surface area contributed by atoms with Crippen LogP contribution in [-0.4, -0.2) is 50.8 Å². The molecule has 5 heterocycles. The minimum absolute atomic E-state index is 0.590. The van der Waals surface area contributed by atoms with E-state index in [2.05, 4.69) is 43.3 Å². The highest BCUT2D eigenvalue weighted by Gasteiger charge is 2.35. The first-order valence-electron chi connectivity index (χ1n) is 9.41. The van der Waals surface area contributed by atoms with Gasteiger partial charge in [-0.05, 0) is 52.8 Å². The Bertz CT molecular complexity index is 880. The molecular weight excluding hydrogens is 326 g/mol. The van der Waals surface area contributed by atoms with Crippen LogP contribution in [0.4, 0.5) is 0 Å². The number of nitrogens with zero attached hydrogens (tertiary/aromatic N) is 5. The highest BCUT2D eigenvalue weighted by atomic mass is 16.6. The predicted molar refractivity (Wildman–Crippen MR) is 98.2 cm³/mol. The molecule has 1 aromatic carbocycles. The fourth-order valence-electron chi connectivity index (χ4n) is 4.53. The zero-order valence-corrected chi connectivity index (χ0v) is 14.8. The van der Waals surface area contributed by atoms with Crippen molar-refractivity contribution in [3.8, 4) is 0 Å². The number of hydrogen-bond acceptors (Lipinski definition) is 6. The highest BCUT2D eigenvalue weighted by molar-refractivity contribution is 5.76. The zero-order valence-electron chi connectivity index (χ0n) is 14.8. The Labute approximate surface area is 152 Å². The van der Waals surface area contributed by atoms with Crippen molar-refractivity contribution < 1.29 is 4.63 Å². The Morgan fingerprint density at radius 1 is 0.962 bits per heavy atom. The summed E-state index contributed by atoms with van der Waals surface area (Å²) in [5, 5.41) is 8.09. The van der Waals surface area contributed by atoms with Gasteiger partial charge in [0, 0.05) is 45.0 Å². The van der Waals surface area contributed by atoms with E-state index in [1.54, 1.807) is 0 Å². The summed E-state index contributed by atoms with van der Waals surface area (Å²) in [5.74, 6) is 0.729. The first kappa shape index (κ1) is 15.9. The summed E-state index contributed by atoms with van der Waals surface area (Å²) in [6.45, 7) is 5.30. The van der Waals surface area contributed by atoms with Gasteiger partial charge in [-0.2, -0.15) is 0 Å². The normalized spacial score (nSPS) is 24.2. The second-order valence-electron chi connectivity index (χ2n) is 7.59. The van der Waals surface area contributed by atoms with E-state index in [-0.39, 0.29) is 0 Å². The van der Waals surface area contributed by atoms with Crippen LogP contribution >= 0.6 is 0 Å². The third kappa shape index (κ3) is 3.10. The first-order chi connectivity index (χ1) is 12.8. The summed E-state index contributed by atoms with van der Waals surface area (Å²) in [5.41, 5.74) is 4.13. The number of aromatic nitrogens is 3. The summed E-state index contributed by atoms with van der Waals surface area (Å²) in [6.07, 6.45) is 4.49. The van der Waals surface area contributed by atoms with E-state index in [4.69, 9.17) is 4.63 Å². The molecule has 2 aromatic heterocycles. The highest BCUT2D eigenvalue weighted by Crippen LogP contribution is 2.30. The molecule has 134 valence electrons. The molecule has 3 saturated heterocycles. The molecule has 0 N–H and O–H groups in total. The quantitative estimate of drug-likeness (QED) is 0.722. The molecule has 6 nitrogen and oxygen atoms in total. The van der Waals surface area contributed by atoms with Crippen LogP contribution in [0.5, 0.6) is 0 Å². The Hall–Kier alpha value is -2.31. The second-order valence-corrected chi connectivity index (χ2v) is 7.59. The second kappa shape index (κ2) is 6.78. The smallest absolute Gasteiger partial charge is 0.139 e. The van der Waals surface area contributed by atoms with Crippen molar-refractivity contribution in [1.82, 2.24) is 25.1 Å². The van der Waals surface area contributed by atoms with Crippen LogP contribution in [0.15, 0.2) is 47.2 Å². The van der Waals surface area contributed by atoms with Crippen molar-refractivity contribution in [2.45, 2.75) is 32.0 Å². The SMILES string of the molecule is c1ccc(CN2C[C@H]3CC[C@@H](C2)N(Cc2cccc4nonc24)C3)nc1. The van der Waals surface area contributed by atoms with Crippen LogP contribution < -0.4 is 0 Å². The predicted octanol–water partition coefficient (Wildman–Crippen LogP) is 2.71. The maximum absolute atomic E-state index is 4.93. The fraction of sp³-hybridized carbons (Fsp3) is 0.450. The van der Waals surface area contributed by atoms with Gasteiger partial charge >= 0.3 is 0 Å². The standard InChI is InChI=1S/C20H23N5O/c1-2-9-21-17(5-1)13-24-10-15-7-8-18(14-24)25(11-15)12-16-4-3-6-19-20(16)23-26-22-19/h1-6,9,15,18H,7-8,10-14H2/t15-,18+/m1/s1. The van der Waals surface area contributed by atoms with Crippen LogP contribution in [-0.2, 0) is 13.1 Å². The number of rotatable bonds is 4. The maximum Gasteiger partial charge on any atom is 0.139 e. The topological polar surface area (TPSA) is 58.3 Å². The minimum atomic E-state index is 0.590. The molecule has 0 radical (unpaired) electrons. The van der Waals surface area contributed by atoms with Gasteiger partial charge in [-0.15, -0.1) is 0 Å². The number of piperidine rings is 1. The van der Waals surface area contributed by atoms with Gasteiger partial charge in [0.25, 0.3) is 0 Å². The van der Waals surface area contributed by atoms with Gasteiger partial charge in [-0.3, -0.25) is 14.8 Å². The largest absolute Gasteiger partial charge is 0.296 e. The molecule has 0 aliphatic carbocycles. The third-order valence-electron chi connectivity index (χ3n) is 5.76. The van der Waals surface area contributed by atoms with E-state index in [0.717, 1.165) is 43.1 Å². The molecule has 3 aromatic rings. The molecule has 26 heavy (non-hydrogen) atoms. The van der Waals surface area contributed by atoms with Crippen LogP contribution in [0, 0.1) is 5.92 Å². The monoisotopic (exact) mass is 349 g/mol. The lowest BCUT2D eigenvalue weighted by atomic mass is 9.94. The van der Waals surface area contributed by atoms with Crippen LogP contribution in [0.25, 0.3) is 11.0 Å². The lowest BCUT2D eigenvalue weighted by molar-refractivity contribution is 0.123. The van der Waals surface area contributed by atoms with Crippen molar-refractivity contribution >= 4 is 11.0 Å². The number of fused-ring (bicyclic) bond motifs is 5. The van der Waals surface area contributed by atoms with E-state index in [9.17, 15) is 0 Å². The van der Waals surface area contributed by atoms with Crippen LogP contribution in [0.2, 0.25) is 0 Å². The lowest BCUT2D eigenvalue weighted by Crippen LogP contribution is -2.43. The molecule has 0 unspecified atom stereocenters. The maximum atomic E-state index is 4.93. The van der Waals surface area contributed by atoms with Gasteiger partial charge in [0.2, 0.25) is 0 Å². The van der Waals surface area contributed by atoms with Gasteiger partial charge in [-0.1, -0.05) is 18.2 Å². The molecule has 0 amide bonds. The molecule has 3 aliphatic heterocycles. The fourth-order valence-corrected chi connectivity index (χ4v) is 4.53. The third-order valence-corrected chi connectivity index (χ3v) is 5.76. The molecule has 2 atom stereocenters. The lowest BCUT2D eigenvalue weighted by Gasteiger charge is -2.36. The Balaban J connectivity index is 1.33. The summed E-state index contributed by atoms with van der Waals surface area (Å²) >= 11 is 0. The van der Waals surface area contributed by atoms with Crippen LogP contribution in [0.1, 0.15) is 24.1 Å². The molecule has 0 saturated carbocycles. The first-order valence-corrected chi connectivity index (χ1v) is 9.41. The molecule has 6 heteroatoms. The van der Waals surface area contributed by atoms with Gasteiger partial charge in [0.15, 0.2) is 0 Å². The Kier molecular flexibility index (Phi) is 4.15. The summed E-state index contributed by atoms with van der Waals surface area (Å²) in [4.78, 5) is 9.73. The van der Waals surface area contributed by atoms with E-state index in [1.807, 2.05) is 24.4 Å². The van der Waals surface area contributed by atoms with Gasteiger partial charge in [0.1, 0.15) is 11.0 Å². The van der Waals surface area contributed by atoms with Gasteiger partial charge in [-0.25, -0.2) is 4.63 Å². The Morgan fingerprint density at radius 2 is 1.96 bits per heavy atom. The van der Waals surface area contributed by atoms with E-state index in [1.165, 1.54) is 30.6 Å². The minimum Gasteiger partial charge on any atom is -0.296 e. The van der Waals surface area contributed by atoms with Crippen LogP contribution in [0.3, 0.4) is 0 Å². The summed E-state index contributed by atoms with van der Waals surface area (Å²) < 4.78 is 4.93. The van der Waals surface area contributed by atoms with E-state index < -0.39 is 0 Å². The average molecular weight is 349 g/mol. The number of pyridine rings is 1. The molecule has 6 rings (SSSR count). The van der Waals surface area contributed by atoms with Crippen molar-refractivity contribution in [3.05, 3.63) is 53.9 Å². The summed E-state index contributed by atoms with van der Waals surface area (Å²) in [7, 11) is 0. The average Bonchev–Trinajstić information content (AvgIpc) is 2.99. The van der Waals surface area contributed by atoms with E-state index in [0.29, 0.717) is 6.04 Å². The Morgan fingerprint density at radius 3 is 2.88 bits per heavy atom. The zero-order chi connectivity index (χ0) is 17.3. The van der Waals surface area contributed by atoms with Gasteiger partial charge in [0.05, 0.1) is 5.69 Å². The number of hydrogen-bond donors (Lipinski definition) is 0. The van der Waals surface area contributed by atoms with Gasteiger partial charge < -0.3 is 0 Å². The van der Waals surface area contributed by atoms with Crippen molar-refractivity contribution in [1.29, 1.82) is 0 Å². The van der Waals surface area contributed by atoms with E-state index >= 15 is 0 Å². The van der Waals surface area contributed by atoms with Crippen molar-refractivity contribution in [2.75, 3.05) is 19.6 Å². The molecule has 3 fully saturated rings. The molecule has 2 bridgehead atoms. The molecule has 0 spiro atoms. The van der Waals surface area contributed by atoms with Crippen molar-refractivity contribution in [2.24, 2.45) is 5.92 Å². The van der Waals surface area contributed by atoms with Crippen molar-refractivity contribution in [3.63, 3.8) is 0 Å². The number of benzene rings is 1. The summed E-state index contributed by atoms with van der Waals surface area (Å²) in [6, 6.07) is 12.9.